The van der Waals surface area contributed by atoms with E-state index in [-0.39, 0.29) is 34.3 Å². The first-order valence-corrected chi connectivity index (χ1v) is 10.5. The van der Waals surface area contributed by atoms with Crippen LogP contribution in [0.5, 0.6) is 5.75 Å². The standard InChI is InChI=1S/C26H21F4NO4/c1-26(2,12-35-3)24-22(13-4-6-16(25(33)34)18(29)8-13)23-20(9-14(27)10-21(23)32)31(24)15-5-7-17(28)19(30)11-15/h4-11,32H,12H2,1-3H3,(H,33,34). The summed E-state index contributed by atoms with van der Waals surface area (Å²) in [4.78, 5) is 11.3. The molecule has 0 saturated heterocycles. The summed E-state index contributed by atoms with van der Waals surface area (Å²) < 4.78 is 64.0. The molecule has 0 radical (unpaired) electrons. The lowest BCUT2D eigenvalue weighted by molar-refractivity contribution is 0.0692. The lowest BCUT2D eigenvalue weighted by atomic mass is 9.84. The number of phenolic OH excluding ortho intramolecular Hbond substituents is 1. The van der Waals surface area contributed by atoms with Gasteiger partial charge >= 0.3 is 5.97 Å². The number of carboxylic acid groups (broad SMARTS) is 1. The van der Waals surface area contributed by atoms with Crippen molar-refractivity contribution >= 4 is 16.9 Å². The molecule has 4 rings (SSSR count). The van der Waals surface area contributed by atoms with E-state index >= 15 is 0 Å². The maximum absolute atomic E-state index is 14.7. The van der Waals surface area contributed by atoms with Crippen molar-refractivity contribution in [2.75, 3.05) is 13.7 Å². The summed E-state index contributed by atoms with van der Waals surface area (Å²) in [6, 6.07) is 8.61. The summed E-state index contributed by atoms with van der Waals surface area (Å²) in [6.07, 6.45) is 0. The largest absolute Gasteiger partial charge is 0.507 e. The SMILES string of the molecule is COCC(C)(C)c1c(-c2ccc(C(=O)O)c(F)c2)c2c(O)cc(F)cc2n1-c1ccc(F)c(F)c1. The molecular weight excluding hydrogens is 466 g/mol. The number of halogens is 4. The number of carboxylic acids is 1. The highest BCUT2D eigenvalue weighted by atomic mass is 19.2. The van der Waals surface area contributed by atoms with Gasteiger partial charge in [-0.25, -0.2) is 22.4 Å². The van der Waals surface area contributed by atoms with Gasteiger partial charge in [0.1, 0.15) is 17.4 Å². The second-order valence-corrected chi connectivity index (χ2v) is 8.79. The van der Waals surface area contributed by atoms with E-state index < -0.39 is 46.0 Å². The molecule has 5 nitrogen and oxygen atoms in total. The van der Waals surface area contributed by atoms with Gasteiger partial charge in [-0.05, 0) is 35.9 Å². The number of methoxy groups -OCH3 is 1. The van der Waals surface area contributed by atoms with Crippen LogP contribution in [0.4, 0.5) is 17.6 Å². The van der Waals surface area contributed by atoms with Gasteiger partial charge in [-0.2, -0.15) is 0 Å². The Morgan fingerprint density at radius 1 is 0.971 bits per heavy atom. The smallest absolute Gasteiger partial charge is 0.338 e. The minimum absolute atomic E-state index is 0.110. The highest BCUT2D eigenvalue weighted by Crippen LogP contribution is 2.46. The van der Waals surface area contributed by atoms with E-state index in [0.29, 0.717) is 5.69 Å². The van der Waals surface area contributed by atoms with Crippen molar-refractivity contribution in [3.63, 3.8) is 0 Å². The van der Waals surface area contributed by atoms with E-state index in [1.54, 1.807) is 13.8 Å². The Morgan fingerprint density at radius 3 is 2.29 bits per heavy atom. The topological polar surface area (TPSA) is 71.7 Å². The molecule has 0 bridgehead atoms. The predicted octanol–water partition coefficient (Wildman–Crippen LogP) is 6.18. The van der Waals surface area contributed by atoms with Crippen molar-refractivity contribution in [3.05, 3.63) is 83.1 Å². The van der Waals surface area contributed by atoms with Crippen molar-refractivity contribution in [1.82, 2.24) is 4.57 Å². The zero-order valence-corrected chi connectivity index (χ0v) is 19.0. The summed E-state index contributed by atoms with van der Waals surface area (Å²) >= 11 is 0. The van der Waals surface area contributed by atoms with Crippen LogP contribution < -0.4 is 0 Å². The Kier molecular flexibility index (Phi) is 6.06. The van der Waals surface area contributed by atoms with Crippen molar-refractivity contribution in [3.8, 4) is 22.6 Å². The van der Waals surface area contributed by atoms with Gasteiger partial charge in [0.2, 0.25) is 0 Å². The van der Waals surface area contributed by atoms with E-state index in [2.05, 4.69) is 0 Å². The summed E-state index contributed by atoms with van der Waals surface area (Å²) in [5, 5.41) is 20.1. The van der Waals surface area contributed by atoms with Crippen molar-refractivity contribution in [2.45, 2.75) is 19.3 Å². The first-order valence-electron chi connectivity index (χ1n) is 10.5. The highest BCUT2D eigenvalue weighted by Gasteiger charge is 2.34. The Bertz CT molecular complexity index is 1480. The van der Waals surface area contributed by atoms with Gasteiger partial charge in [0.15, 0.2) is 11.6 Å². The van der Waals surface area contributed by atoms with Crippen LogP contribution in [0.2, 0.25) is 0 Å². The molecule has 0 aliphatic carbocycles. The minimum Gasteiger partial charge on any atom is -0.507 e. The number of hydrogen-bond donors (Lipinski definition) is 2. The average Bonchev–Trinajstić information content (AvgIpc) is 3.11. The predicted molar refractivity (Wildman–Crippen MR) is 122 cm³/mol. The fourth-order valence-corrected chi connectivity index (χ4v) is 4.45. The quantitative estimate of drug-likeness (QED) is 0.319. The van der Waals surface area contributed by atoms with Crippen LogP contribution in [-0.4, -0.2) is 34.5 Å². The van der Waals surface area contributed by atoms with Crippen LogP contribution >= 0.6 is 0 Å². The summed E-state index contributed by atoms with van der Waals surface area (Å²) in [5.41, 5.74) is -0.356. The molecule has 9 heteroatoms. The number of nitrogens with zero attached hydrogens (tertiary/aromatic N) is 1. The molecule has 4 aromatic rings. The average molecular weight is 487 g/mol. The highest BCUT2D eigenvalue weighted by molar-refractivity contribution is 6.04. The minimum atomic E-state index is -1.46. The van der Waals surface area contributed by atoms with Gasteiger partial charge in [0.05, 0.1) is 23.1 Å². The number of carbonyl (C=O) groups is 1. The summed E-state index contributed by atoms with van der Waals surface area (Å²) in [5.74, 6) is -5.94. The molecule has 1 heterocycles. The number of rotatable bonds is 6. The van der Waals surface area contributed by atoms with E-state index in [0.717, 1.165) is 36.4 Å². The zero-order chi connectivity index (χ0) is 25.7. The van der Waals surface area contributed by atoms with Crippen LogP contribution in [0.1, 0.15) is 29.9 Å². The van der Waals surface area contributed by atoms with Crippen molar-refractivity contribution in [1.29, 1.82) is 0 Å². The normalized spacial score (nSPS) is 11.9. The first-order chi connectivity index (χ1) is 16.5. The molecule has 0 atom stereocenters. The number of hydrogen-bond acceptors (Lipinski definition) is 3. The summed E-state index contributed by atoms with van der Waals surface area (Å²) in [6.45, 7) is 3.67. The third kappa shape index (κ3) is 4.12. The molecule has 35 heavy (non-hydrogen) atoms. The van der Waals surface area contributed by atoms with Gasteiger partial charge in [0.25, 0.3) is 0 Å². The maximum atomic E-state index is 14.7. The molecule has 0 saturated carbocycles. The number of ether oxygens (including phenoxy) is 1. The van der Waals surface area contributed by atoms with Gasteiger partial charge in [0, 0.05) is 41.6 Å². The van der Waals surface area contributed by atoms with Gasteiger partial charge in [-0.1, -0.05) is 19.9 Å². The molecule has 2 N–H and O–H groups in total. The Morgan fingerprint density at radius 2 is 1.69 bits per heavy atom. The monoisotopic (exact) mass is 487 g/mol. The Labute approximate surface area is 197 Å². The van der Waals surface area contributed by atoms with Crippen LogP contribution in [0, 0.1) is 23.3 Å². The van der Waals surface area contributed by atoms with E-state index in [1.165, 1.54) is 23.8 Å². The molecule has 1 aromatic heterocycles. The number of aromatic nitrogens is 1. The Hall–Kier alpha value is -3.85. The number of aromatic hydroxyl groups is 1. The molecular formula is C26H21F4NO4. The summed E-state index contributed by atoms with van der Waals surface area (Å²) in [7, 11) is 1.46. The Balaban J connectivity index is 2.22. The van der Waals surface area contributed by atoms with Crippen molar-refractivity contribution < 1.29 is 37.3 Å². The fraction of sp³-hybridized carbons (Fsp3) is 0.192. The molecule has 0 amide bonds. The molecule has 0 unspecified atom stereocenters. The lowest BCUT2D eigenvalue weighted by Crippen LogP contribution is -2.27. The van der Waals surface area contributed by atoms with Gasteiger partial charge in [-0.3, -0.25) is 0 Å². The third-order valence-electron chi connectivity index (χ3n) is 5.81. The van der Waals surface area contributed by atoms with Crippen LogP contribution in [0.25, 0.3) is 27.7 Å². The first kappa shape index (κ1) is 24.3. The molecule has 182 valence electrons. The van der Waals surface area contributed by atoms with Crippen LogP contribution in [-0.2, 0) is 10.2 Å². The fourth-order valence-electron chi connectivity index (χ4n) is 4.45. The molecule has 0 aliphatic heterocycles. The van der Waals surface area contributed by atoms with Gasteiger partial charge in [-0.15, -0.1) is 0 Å². The molecule has 0 aliphatic rings. The van der Waals surface area contributed by atoms with Crippen LogP contribution in [0.15, 0.2) is 48.5 Å². The number of phenols is 1. The van der Waals surface area contributed by atoms with E-state index in [1.807, 2.05) is 0 Å². The zero-order valence-electron chi connectivity index (χ0n) is 19.0. The van der Waals surface area contributed by atoms with Gasteiger partial charge < -0.3 is 19.5 Å². The van der Waals surface area contributed by atoms with E-state index in [4.69, 9.17) is 4.74 Å². The van der Waals surface area contributed by atoms with Crippen molar-refractivity contribution in [2.24, 2.45) is 0 Å². The molecule has 0 fully saturated rings. The third-order valence-corrected chi connectivity index (χ3v) is 5.81. The molecule has 0 spiro atoms. The number of aromatic carboxylic acids is 1. The lowest BCUT2D eigenvalue weighted by Gasteiger charge is -2.28. The molecule has 3 aromatic carbocycles. The van der Waals surface area contributed by atoms with E-state index in [9.17, 15) is 32.6 Å². The second-order valence-electron chi connectivity index (χ2n) is 8.79. The van der Waals surface area contributed by atoms with Crippen LogP contribution in [0.3, 0.4) is 0 Å². The maximum Gasteiger partial charge on any atom is 0.338 e. The second kappa shape index (κ2) is 8.74. The number of benzene rings is 3. The number of fused-ring (bicyclic) bond motifs is 1.